The molecule has 0 saturated carbocycles. The van der Waals surface area contributed by atoms with E-state index in [0.717, 1.165) is 4.48 Å². The van der Waals surface area contributed by atoms with Crippen molar-refractivity contribution in [3.63, 3.8) is 0 Å². The first-order valence-corrected chi connectivity index (χ1v) is 7.81. The molecule has 1 rings (SSSR count). The van der Waals surface area contributed by atoms with Crippen molar-refractivity contribution in [2.24, 2.45) is 0 Å². The van der Waals surface area contributed by atoms with E-state index in [1.54, 1.807) is 0 Å². The van der Waals surface area contributed by atoms with Crippen molar-refractivity contribution in [2.45, 2.75) is 20.8 Å². The topological polar surface area (TPSA) is 71.4 Å². The number of hydrogen-bond acceptors (Lipinski definition) is 3. The van der Waals surface area contributed by atoms with Crippen molar-refractivity contribution >= 4 is 5.69 Å². The molecular weight excluding hydrogens is 277 g/mol. The van der Waals surface area contributed by atoms with Crippen LogP contribution in [0.3, 0.4) is 0 Å². The molecule has 1 aromatic carbocycles. The molecule has 0 aliphatic carbocycles. The van der Waals surface area contributed by atoms with Crippen molar-refractivity contribution < 1.29 is 28.7 Å². The molecule has 1 aromatic rings. The van der Waals surface area contributed by atoms with Crippen LogP contribution in [0.25, 0.3) is 0 Å². The molecule has 0 aliphatic heterocycles. The van der Waals surface area contributed by atoms with Crippen LogP contribution >= 0.6 is 0 Å². The van der Waals surface area contributed by atoms with Crippen LogP contribution in [-0.4, -0.2) is 23.8 Å². The van der Waals surface area contributed by atoms with Gasteiger partial charge in [0.05, 0.1) is 19.6 Å². The maximum absolute atomic E-state index is 8.69. The molecule has 0 saturated heterocycles. The van der Waals surface area contributed by atoms with Gasteiger partial charge in [-0.05, 0) is 32.9 Å². The first-order valence-electron chi connectivity index (χ1n) is 5.84. The molecule has 0 unspecified atom stereocenters. The number of rotatable bonds is 4. The average Bonchev–Trinajstić information content (AvgIpc) is 2.31. The molecule has 6 heteroatoms. The normalized spacial score (nSPS) is 11.6. The van der Waals surface area contributed by atoms with Gasteiger partial charge in [0.2, 0.25) is 0 Å². The number of quaternary nitrogens is 1. The zero-order valence-corrected chi connectivity index (χ0v) is 12.2. The van der Waals surface area contributed by atoms with Gasteiger partial charge in [0.1, 0.15) is 5.69 Å². The van der Waals surface area contributed by atoms with Gasteiger partial charge in [-0.3, -0.25) is 4.48 Å². The summed E-state index contributed by atoms with van der Waals surface area (Å²) < 4.78 is 34.2. The summed E-state index contributed by atoms with van der Waals surface area (Å²) in [5.41, 5.74) is 1.44. The van der Waals surface area contributed by atoms with Gasteiger partial charge in [-0.2, -0.15) is 0 Å². The molecule has 0 heterocycles. The molecule has 18 heavy (non-hydrogen) atoms. The van der Waals surface area contributed by atoms with E-state index >= 15 is 0 Å². The second-order valence-electron chi connectivity index (χ2n) is 3.83. The Kier molecular flexibility index (Phi) is 7.09. The summed E-state index contributed by atoms with van der Waals surface area (Å²) in [6, 6.07) is 10.8. The van der Waals surface area contributed by atoms with E-state index < -0.39 is 13.0 Å². The Balaban J connectivity index is 0.000000494. The summed E-state index contributed by atoms with van der Waals surface area (Å²) in [6.45, 7) is 10.3. The van der Waals surface area contributed by atoms with E-state index in [-0.39, 0.29) is 0 Å². The van der Waals surface area contributed by atoms with E-state index in [9.17, 15) is 0 Å². The second-order valence-corrected chi connectivity index (χ2v) is 5.06. The summed E-state index contributed by atoms with van der Waals surface area (Å²) in [5.74, 6) is 0. The SMILES string of the molecule is CC[N+](CC)(CC)c1ccccc1.[O]=[Mn](=[O])(=[O])[OH]. The van der Waals surface area contributed by atoms with E-state index in [1.807, 2.05) is 0 Å². The molecule has 0 atom stereocenters. The monoisotopic (exact) mass is 298 g/mol. The van der Waals surface area contributed by atoms with Gasteiger partial charge in [0.25, 0.3) is 0 Å². The van der Waals surface area contributed by atoms with Crippen LogP contribution < -0.4 is 4.48 Å². The van der Waals surface area contributed by atoms with Crippen molar-refractivity contribution in [3.05, 3.63) is 30.3 Å². The Labute approximate surface area is 110 Å². The van der Waals surface area contributed by atoms with Crippen molar-refractivity contribution in [2.75, 3.05) is 19.6 Å². The van der Waals surface area contributed by atoms with Gasteiger partial charge in [-0.1, -0.05) is 18.2 Å². The third kappa shape index (κ3) is 6.12. The average molecular weight is 298 g/mol. The van der Waals surface area contributed by atoms with E-state index in [4.69, 9.17) is 15.7 Å². The Morgan fingerprint density at radius 3 is 1.56 bits per heavy atom. The van der Waals surface area contributed by atoms with Gasteiger partial charge in [-0.25, -0.2) is 0 Å². The molecule has 0 aliphatic rings. The fraction of sp³-hybridized carbons (Fsp3) is 0.500. The standard InChI is InChI=1S/C12H20N.Mn.H2O.3O/c1-4-13(5-2,6-3)12-10-8-7-9-11-12;;;;;/h7-11H,4-6H2,1-3H3;;1H2;;;/q2*+1;;;;/p-1. The number of nitrogens with zero attached hydrogens (tertiary/aromatic N) is 1. The van der Waals surface area contributed by atoms with Gasteiger partial charge in [-0.15, -0.1) is 0 Å². The Morgan fingerprint density at radius 2 is 1.28 bits per heavy atom. The summed E-state index contributed by atoms with van der Waals surface area (Å²) >= 11 is -5.38. The quantitative estimate of drug-likeness (QED) is 0.683. The number of para-hydroxylation sites is 1. The summed E-state index contributed by atoms with van der Waals surface area (Å²) in [5, 5.41) is 0. The third-order valence-electron chi connectivity index (χ3n) is 3.12. The molecule has 0 amide bonds. The fourth-order valence-electron chi connectivity index (χ4n) is 1.96. The minimum atomic E-state index is -5.38. The van der Waals surface area contributed by atoms with E-state index in [1.165, 1.54) is 25.3 Å². The Hall–Kier alpha value is -0.941. The summed E-state index contributed by atoms with van der Waals surface area (Å²) in [6.07, 6.45) is 0. The molecule has 0 bridgehead atoms. The molecule has 0 radical (unpaired) electrons. The van der Waals surface area contributed by atoms with Crippen LogP contribution in [-0.2, 0) is 24.5 Å². The van der Waals surface area contributed by atoms with Crippen LogP contribution in [0.15, 0.2) is 30.3 Å². The zero-order valence-electron chi connectivity index (χ0n) is 11.0. The van der Waals surface area contributed by atoms with Crippen LogP contribution in [0.1, 0.15) is 20.8 Å². The molecule has 0 aromatic heterocycles. The van der Waals surface area contributed by atoms with Crippen LogP contribution in [0.4, 0.5) is 5.69 Å². The van der Waals surface area contributed by atoms with Crippen LogP contribution in [0, 0.1) is 0 Å². The molecule has 104 valence electrons. The van der Waals surface area contributed by atoms with Crippen molar-refractivity contribution in [3.8, 4) is 0 Å². The zero-order chi connectivity index (χ0) is 14.2. The molecular formula is C12H21MnNO4+. The van der Waals surface area contributed by atoms with Crippen LogP contribution in [0.5, 0.6) is 0 Å². The first kappa shape index (κ1) is 17.1. The minimum absolute atomic E-state index is 1.10. The van der Waals surface area contributed by atoms with Crippen LogP contribution in [0.2, 0.25) is 0 Å². The molecule has 0 spiro atoms. The Bertz CT molecular complexity index is 465. The van der Waals surface area contributed by atoms with Gasteiger partial charge < -0.3 is 0 Å². The number of benzene rings is 1. The predicted octanol–water partition coefficient (Wildman–Crippen LogP) is 2.14. The number of hydrogen-bond donors (Lipinski definition) is 1. The second kappa shape index (κ2) is 7.48. The Morgan fingerprint density at radius 1 is 0.944 bits per heavy atom. The molecule has 5 nitrogen and oxygen atoms in total. The fourth-order valence-corrected chi connectivity index (χ4v) is 1.96. The summed E-state index contributed by atoms with van der Waals surface area (Å²) in [4.78, 5) is 0. The van der Waals surface area contributed by atoms with E-state index in [2.05, 4.69) is 51.1 Å². The van der Waals surface area contributed by atoms with Gasteiger partial charge in [0.15, 0.2) is 0 Å². The molecule has 0 fully saturated rings. The molecule has 1 N–H and O–H groups in total. The maximum atomic E-state index is 8.69. The third-order valence-corrected chi connectivity index (χ3v) is 3.12. The van der Waals surface area contributed by atoms with Crippen molar-refractivity contribution in [1.29, 1.82) is 0 Å². The summed E-state index contributed by atoms with van der Waals surface area (Å²) in [7, 11) is 0. The van der Waals surface area contributed by atoms with Gasteiger partial charge in [0, 0.05) is 0 Å². The van der Waals surface area contributed by atoms with Crippen molar-refractivity contribution in [1.82, 2.24) is 4.48 Å². The first-order chi connectivity index (χ1) is 8.29. The van der Waals surface area contributed by atoms with E-state index in [0.29, 0.717) is 0 Å². The predicted molar refractivity (Wildman–Crippen MR) is 64.1 cm³/mol. The van der Waals surface area contributed by atoms with Gasteiger partial charge >= 0.3 is 28.7 Å².